The zero-order chi connectivity index (χ0) is 11.7. The summed E-state index contributed by atoms with van der Waals surface area (Å²) < 4.78 is 10.4. The summed E-state index contributed by atoms with van der Waals surface area (Å²) in [4.78, 5) is 11.1. The summed E-state index contributed by atoms with van der Waals surface area (Å²) in [6, 6.07) is 3.28. The Bertz CT molecular complexity index is 430. The van der Waals surface area contributed by atoms with E-state index in [0.717, 1.165) is 0 Å². The predicted octanol–water partition coefficient (Wildman–Crippen LogP) is 2.30. The maximum Gasteiger partial charge on any atom is 0.311 e. The number of benzene rings is 1. The van der Waals surface area contributed by atoms with Gasteiger partial charge in [-0.25, -0.2) is 0 Å². The number of fused-ring (bicyclic) bond motifs is 1. The molecule has 0 radical (unpaired) electrons. The van der Waals surface area contributed by atoms with Gasteiger partial charge in [-0.15, -0.1) is 0 Å². The van der Waals surface area contributed by atoms with Crippen LogP contribution in [0.3, 0.4) is 0 Å². The van der Waals surface area contributed by atoms with Gasteiger partial charge in [0.15, 0.2) is 0 Å². The topological polar surface area (TPSA) is 55.8 Å². The van der Waals surface area contributed by atoms with Gasteiger partial charge < -0.3 is 14.6 Å². The number of ether oxygens (including phenoxy) is 2. The van der Waals surface area contributed by atoms with Crippen molar-refractivity contribution in [1.82, 2.24) is 0 Å². The van der Waals surface area contributed by atoms with Gasteiger partial charge in [0.2, 0.25) is 0 Å². The van der Waals surface area contributed by atoms with Crippen LogP contribution in [0.25, 0.3) is 0 Å². The van der Waals surface area contributed by atoms with Crippen molar-refractivity contribution in [3.8, 4) is 11.5 Å². The first kappa shape index (κ1) is 11.1. The molecule has 1 aromatic carbocycles. The van der Waals surface area contributed by atoms with Crippen molar-refractivity contribution < 1.29 is 19.4 Å². The van der Waals surface area contributed by atoms with Gasteiger partial charge >= 0.3 is 5.97 Å². The quantitative estimate of drug-likeness (QED) is 0.865. The molecule has 1 aliphatic heterocycles. The average Bonchev–Trinajstić information content (AvgIpc) is 2.28. The van der Waals surface area contributed by atoms with Crippen molar-refractivity contribution in [1.29, 1.82) is 0 Å². The number of carboxylic acids is 1. The van der Waals surface area contributed by atoms with Gasteiger partial charge in [-0.2, -0.15) is 0 Å². The van der Waals surface area contributed by atoms with Gasteiger partial charge in [-0.1, -0.05) is 11.6 Å². The molecular formula is C11H11ClO4. The zero-order valence-electron chi connectivity index (χ0n) is 8.70. The first-order valence-electron chi connectivity index (χ1n) is 4.86. The molecule has 1 N–H and O–H groups in total. The largest absolute Gasteiger partial charge is 0.497 e. The van der Waals surface area contributed by atoms with E-state index in [1.807, 2.05) is 0 Å². The summed E-state index contributed by atoms with van der Waals surface area (Å²) >= 11 is 6.00. The molecule has 5 heteroatoms. The number of halogens is 1. The number of carbonyl (C=O) groups is 1. The minimum atomic E-state index is -0.867. The van der Waals surface area contributed by atoms with Crippen LogP contribution >= 0.6 is 11.6 Å². The highest BCUT2D eigenvalue weighted by Crippen LogP contribution is 2.41. The molecule has 0 spiro atoms. The molecule has 0 saturated carbocycles. The molecule has 2 rings (SSSR count). The van der Waals surface area contributed by atoms with Crippen molar-refractivity contribution in [2.24, 2.45) is 0 Å². The van der Waals surface area contributed by atoms with Crippen LogP contribution < -0.4 is 9.47 Å². The minimum absolute atomic E-state index is 0.371. The smallest absolute Gasteiger partial charge is 0.311 e. The highest BCUT2D eigenvalue weighted by atomic mass is 35.5. The van der Waals surface area contributed by atoms with Crippen LogP contribution in [0.15, 0.2) is 12.1 Å². The van der Waals surface area contributed by atoms with Gasteiger partial charge in [0.05, 0.1) is 24.7 Å². The molecule has 0 fully saturated rings. The van der Waals surface area contributed by atoms with Gasteiger partial charge in [-0.05, 0) is 12.5 Å². The summed E-state index contributed by atoms with van der Waals surface area (Å²) in [5.41, 5.74) is 0.586. The van der Waals surface area contributed by atoms with E-state index in [1.54, 1.807) is 12.1 Å². The molecule has 0 aromatic heterocycles. The van der Waals surface area contributed by atoms with Crippen LogP contribution in [0, 0.1) is 0 Å². The maximum absolute atomic E-state index is 11.1. The Balaban J connectivity index is 2.53. The van der Waals surface area contributed by atoms with Gasteiger partial charge in [0, 0.05) is 11.6 Å². The summed E-state index contributed by atoms with van der Waals surface area (Å²) in [6.45, 7) is 0.371. The molecular weight excluding hydrogens is 232 g/mol. The minimum Gasteiger partial charge on any atom is -0.497 e. The fraction of sp³-hybridized carbons (Fsp3) is 0.364. The third kappa shape index (κ3) is 1.80. The van der Waals surface area contributed by atoms with Crippen LogP contribution in [0.5, 0.6) is 11.5 Å². The van der Waals surface area contributed by atoms with E-state index >= 15 is 0 Å². The molecule has 1 heterocycles. The second kappa shape index (κ2) is 4.22. The second-order valence-corrected chi connectivity index (χ2v) is 3.96. The fourth-order valence-corrected chi connectivity index (χ4v) is 2.08. The Hall–Kier alpha value is -1.42. The first-order chi connectivity index (χ1) is 7.63. The molecule has 86 valence electrons. The van der Waals surface area contributed by atoms with E-state index < -0.39 is 11.9 Å². The Morgan fingerprint density at radius 3 is 3.00 bits per heavy atom. The summed E-state index contributed by atoms with van der Waals surface area (Å²) in [7, 11) is 1.51. The monoisotopic (exact) mass is 242 g/mol. The Kier molecular flexibility index (Phi) is 2.92. The van der Waals surface area contributed by atoms with E-state index in [0.29, 0.717) is 35.1 Å². The normalized spacial score (nSPS) is 18.5. The van der Waals surface area contributed by atoms with Crippen molar-refractivity contribution in [3.05, 3.63) is 22.7 Å². The lowest BCUT2D eigenvalue weighted by Crippen LogP contribution is -2.21. The molecule has 1 atom stereocenters. The number of methoxy groups -OCH3 is 1. The lowest BCUT2D eigenvalue weighted by Gasteiger charge is -2.24. The van der Waals surface area contributed by atoms with Crippen LogP contribution in [-0.4, -0.2) is 24.8 Å². The number of hydrogen-bond donors (Lipinski definition) is 1. The molecule has 0 bridgehead atoms. The number of carboxylic acid groups (broad SMARTS) is 1. The van der Waals surface area contributed by atoms with Crippen molar-refractivity contribution in [2.45, 2.75) is 12.3 Å². The fourth-order valence-electron chi connectivity index (χ4n) is 1.81. The zero-order valence-corrected chi connectivity index (χ0v) is 9.45. The summed E-state index contributed by atoms with van der Waals surface area (Å²) in [5.74, 6) is -0.438. The second-order valence-electron chi connectivity index (χ2n) is 3.56. The van der Waals surface area contributed by atoms with E-state index in [9.17, 15) is 4.79 Å². The SMILES string of the molecule is COc1cc(Cl)c2c(c1)C(C(=O)O)CCO2. The highest BCUT2D eigenvalue weighted by molar-refractivity contribution is 6.32. The first-order valence-corrected chi connectivity index (χ1v) is 5.24. The number of hydrogen-bond acceptors (Lipinski definition) is 3. The van der Waals surface area contributed by atoms with Crippen LogP contribution in [0.4, 0.5) is 0 Å². The van der Waals surface area contributed by atoms with E-state index in [-0.39, 0.29) is 0 Å². The van der Waals surface area contributed by atoms with Crippen LogP contribution in [0.2, 0.25) is 5.02 Å². The van der Waals surface area contributed by atoms with E-state index in [4.69, 9.17) is 26.2 Å². The Morgan fingerprint density at radius 1 is 1.62 bits per heavy atom. The molecule has 0 amide bonds. The van der Waals surface area contributed by atoms with E-state index in [2.05, 4.69) is 0 Å². The van der Waals surface area contributed by atoms with Crippen LogP contribution in [0.1, 0.15) is 17.9 Å². The maximum atomic E-state index is 11.1. The number of rotatable bonds is 2. The Morgan fingerprint density at radius 2 is 2.38 bits per heavy atom. The molecule has 1 aromatic rings. The molecule has 0 aliphatic carbocycles. The molecule has 16 heavy (non-hydrogen) atoms. The summed E-state index contributed by atoms with van der Waals surface area (Å²) in [5, 5.41) is 9.49. The van der Waals surface area contributed by atoms with Gasteiger partial charge in [-0.3, -0.25) is 4.79 Å². The van der Waals surface area contributed by atoms with Gasteiger partial charge in [0.1, 0.15) is 11.5 Å². The van der Waals surface area contributed by atoms with Crippen molar-refractivity contribution in [3.63, 3.8) is 0 Å². The number of aliphatic carboxylic acids is 1. The van der Waals surface area contributed by atoms with Gasteiger partial charge in [0.25, 0.3) is 0 Å². The standard InChI is InChI=1S/C11H11ClO4/c1-15-6-4-8-7(11(13)14)2-3-16-10(8)9(12)5-6/h4-5,7H,2-3H2,1H3,(H,13,14). The molecule has 0 saturated heterocycles. The molecule has 1 unspecified atom stereocenters. The van der Waals surface area contributed by atoms with E-state index in [1.165, 1.54) is 7.11 Å². The lowest BCUT2D eigenvalue weighted by atomic mass is 9.93. The highest BCUT2D eigenvalue weighted by Gasteiger charge is 2.29. The third-order valence-electron chi connectivity index (χ3n) is 2.61. The van der Waals surface area contributed by atoms with Crippen molar-refractivity contribution >= 4 is 17.6 Å². The van der Waals surface area contributed by atoms with Crippen LogP contribution in [-0.2, 0) is 4.79 Å². The van der Waals surface area contributed by atoms with Crippen molar-refractivity contribution in [2.75, 3.05) is 13.7 Å². The third-order valence-corrected chi connectivity index (χ3v) is 2.89. The molecule has 1 aliphatic rings. The predicted molar refractivity (Wildman–Crippen MR) is 58.5 cm³/mol. The Labute approximate surface area is 97.7 Å². The lowest BCUT2D eigenvalue weighted by molar-refractivity contribution is -0.139. The molecule has 4 nitrogen and oxygen atoms in total. The average molecular weight is 243 g/mol. The summed E-state index contributed by atoms with van der Waals surface area (Å²) in [6.07, 6.45) is 0.450.